The molecule has 0 saturated heterocycles. The van der Waals surface area contributed by atoms with E-state index < -0.39 is 5.97 Å². The largest absolute Gasteiger partial charge is 0.484 e. The Morgan fingerprint density at radius 2 is 2.04 bits per heavy atom. The second kappa shape index (κ2) is 7.94. The van der Waals surface area contributed by atoms with Gasteiger partial charge in [-0.1, -0.05) is 6.07 Å². The van der Waals surface area contributed by atoms with E-state index in [9.17, 15) is 14.4 Å². The average molecular weight is 372 g/mol. The Kier molecular flexibility index (Phi) is 5.44. The Balaban J connectivity index is 1.46. The fourth-order valence-corrected chi connectivity index (χ4v) is 2.48. The molecule has 1 fully saturated rings. The number of hydrogen-bond donors (Lipinski definition) is 3. The molecule has 8 heteroatoms. The highest BCUT2D eigenvalue weighted by molar-refractivity contribution is 5.94. The van der Waals surface area contributed by atoms with E-state index in [0.29, 0.717) is 17.2 Å². The van der Waals surface area contributed by atoms with Crippen LogP contribution in [0.15, 0.2) is 34.7 Å². The molecule has 0 unspecified atom stereocenters. The van der Waals surface area contributed by atoms with Gasteiger partial charge in [0.1, 0.15) is 22.8 Å². The summed E-state index contributed by atoms with van der Waals surface area (Å²) in [6.07, 6.45) is 1.84. The molecule has 1 aromatic carbocycles. The number of carboxylic acids is 1. The summed E-state index contributed by atoms with van der Waals surface area (Å²) in [5.74, 6) is -0.261. The molecule has 2 amide bonds. The first-order valence-corrected chi connectivity index (χ1v) is 8.55. The zero-order valence-corrected chi connectivity index (χ0v) is 14.8. The average Bonchev–Trinajstić information content (AvgIpc) is 3.41. The van der Waals surface area contributed by atoms with Crippen LogP contribution in [0.2, 0.25) is 0 Å². The number of aryl methyl sites for hydroxylation is 1. The van der Waals surface area contributed by atoms with Crippen LogP contribution >= 0.6 is 0 Å². The van der Waals surface area contributed by atoms with E-state index in [1.54, 1.807) is 31.2 Å². The number of furan rings is 1. The van der Waals surface area contributed by atoms with E-state index >= 15 is 0 Å². The number of nitrogens with one attached hydrogen (secondary N) is 2. The molecule has 2 aromatic rings. The number of carboxylic acid groups (broad SMARTS) is 1. The van der Waals surface area contributed by atoms with Gasteiger partial charge < -0.3 is 24.9 Å². The van der Waals surface area contributed by atoms with E-state index in [-0.39, 0.29) is 42.2 Å². The molecule has 1 aliphatic rings. The van der Waals surface area contributed by atoms with Gasteiger partial charge in [0, 0.05) is 17.7 Å². The van der Waals surface area contributed by atoms with Crippen LogP contribution in [0.5, 0.6) is 5.75 Å². The number of hydrogen-bond acceptors (Lipinski definition) is 5. The summed E-state index contributed by atoms with van der Waals surface area (Å²) in [5, 5.41) is 14.4. The SMILES string of the molecule is Cc1oc(CNC(=O)COc2cccc(NC(=O)C3CC3)c2)cc1C(=O)O. The van der Waals surface area contributed by atoms with Crippen LogP contribution in [0.25, 0.3) is 0 Å². The molecule has 0 radical (unpaired) electrons. The van der Waals surface area contributed by atoms with Crippen LogP contribution in [-0.2, 0) is 16.1 Å². The molecule has 0 spiro atoms. The van der Waals surface area contributed by atoms with Crippen molar-refractivity contribution in [3.8, 4) is 5.75 Å². The lowest BCUT2D eigenvalue weighted by Gasteiger charge is -2.09. The normalized spacial score (nSPS) is 13.1. The molecule has 1 aliphatic carbocycles. The minimum absolute atomic E-state index is 0.000588. The molecule has 0 bridgehead atoms. The number of amides is 2. The highest BCUT2D eigenvalue weighted by Gasteiger charge is 2.29. The van der Waals surface area contributed by atoms with E-state index in [1.807, 2.05) is 0 Å². The quantitative estimate of drug-likeness (QED) is 0.655. The number of rotatable bonds is 8. The van der Waals surface area contributed by atoms with Gasteiger partial charge in [0.15, 0.2) is 6.61 Å². The van der Waals surface area contributed by atoms with Crippen molar-refractivity contribution in [2.24, 2.45) is 5.92 Å². The predicted molar refractivity (Wildman–Crippen MR) is 95.5 cm³/mol. The minimum atomic E-state index is -1.08. The monoisotopic (exact) mass is 372 g/mol. The lowest BCUT2D eigenvalue weighted by atomic mass is 10.2. The van der Waals surface area contributed by atoms with E-state index in [4.69, 9.17) is 14.3 Å². The molecule has 1 aromatic heterocycles. The van der Waals surface area contributed by atoms with Gasteiger partial charge in [-0.05, 0) is 38.0 Å². The van der Waals surface area contributed by atoms with Crippen molar-refractivity contribution in [3.05, 3.63) is 47.4 Å². The van der Waals surface area contributed by atoms with Gasteiger partial charge in [0.25, 0.3) is 5.91 Å². The Hall–Kier alpha value is -3.29. The van der Waals surface area contributed by atoms with E-state index in [1.165, 1.54) is 6.07 Å². The van der Waals surface area contributed by atoms with Crippen molar-refractivity contribution < 1.29 is 28.6 Å². The Morgan fingerprint density at radius 1 is 1.26 bits per heavy atom. The molecular weight excluding hydrogens is 352 g/mol. The van der Waals surface area contributed by atoms with Crippen LogP contribution in [-0.4, -0.2) is 29.5 Å². The van der Waals surface area contributed by atoms with Crippen LogP contribution < -0.4 is 15.4 Å². The fraction of sp³-hybridized carbons (Fsp3) is 0.316. The lowest BCUT2D eigenvalue weighted by molar-refractivity contribution is -0.123. The van der Waals surface area contributed by atoms with Crippen LogP contribution in [0.4, 0.5) is 5.69 Å². The summed E-state index contributed by atoms with van der Waals surface area (Å²) >= 11 is 0. The third-order valence-corrected chi connectivity index (χ3v) is 4.08. The van der Waals surface area contributed by atoms with Crippen LogP contribution in [0.1, 0.15) is 34.7 Å². The molecule has 0 atom stereocenters. The number of ether oxygens (including phenoxy) is 1. The van der Waals surface area contributed by atoms with Crippen molar-refractivity contribution in [3.63, 3.8) is 0 Å². The number of anilines is 1. The lowest BCUT2D eigenvalue weighted by Crippen LogP contribution is -2.28. The van der Waals surface area contributed by atoms with Crippen molar-refractivity contribution >= 4 is 23.5 Å². The Labute approximate surface area is 155 Å². The first kappa shape index (κ1) is 18.5. The molecule has 1 saturated carbocycles. The molecule has 1 heterocycles. The molecule has 0 aliphatic heterocycles. The van der Waals surface area contributed by atoms with Gasteiger partial charge in [-0.25, -0.2) is 4.79 Å². The highest BCUT2D eigenvalue weighted by Crippen LogP contribution is 2.30. The number of carbonyl (C=O) groups is 3. The van der Waals surface area contributed by atoms with Gasteiger partial charge in [0.05, 0.1) is 6.54 Å². The standard InChI is InChI=1S/C19H20N2O6/c1-11-16(19(24)25)8-15(27-11)9-20-17(22)10-26-14-4-2-3-13(7-14)21-18(23)12-5-6-12/h2-4,7-8,12H,5-6,9-10H2,1H3,(H,20,22)(H,21,23)(H,24,25). The van der Waals surface area contributed by atoms with Crippen molar-refractivity contribution in [1.82, 2.24) is 5.32 Å². The molecule has 8 nitrogen and oxygen atoms in total. The summed E-state index contributed by atoms with van der Waals surface area (Å²) in [5.41, 5.74) is 0.692. The topological polar surface area (TPSA) is 118 Å². The maximum absolute atomic E-state index is 11.9. The Bertz CT molecular complexity index is 869. The summed E-state index contributed by atoms with van der Waals surface area (Å²) in [7, 11) is 0. The second-order valence-electron chi connectivity index (χ2n) is 6.34. The zero-order valence-electron chi connectivity index (χ0n) is 14.8. The second-order valence-corrected chi connectivity index (χ2v) is 6.34. The predicted octanol–water partition coefficient (Wildman–Crippen LogP) is 2.33. The van der Waals surface area contributed by atoms with Crippen molar-refractivity contribution in [1.29, 1.82) is 0 Å². The van der Waals surface area contributed by atoms with E-state index in [0.717, 1.165) is 12.8 Å². The first-order chi connectivity index (χ1) is 12.9. The maximum atomic E-state index is 11.9. The van der Waals surface area contributed by atoms with Gasteiger partial charge in [-0.3, -0.25) is 9.59 Å². The molecule has 142 valence electrons. The van der Waals surface area contributed by atoms with Gasteiger partial charge >= 0.3 is 5.97 Å². The fourth-order valence-electron chi connectivity index (χ4n) is 2.48. The van der Waals surface area contributed by atoms with Crippen LogP contribution in [0, 0.1) is 12.8 Å². The Morgan fingerprint density at radius 3 is 2.70 bits per heavy atom. The van der Waals surface area contributed by atoms with Crippen LogP contribution in [0.3, 0.4) is 0 Å². The van der Waals surface area contributed by atoms with Crippen molar-refractivity contribution in [2.45, 2.75) is 26.3 Å². The van der Waals surface area contributed by atoms with Gasteiger partial charge in [0.2, 0.25) is 5.91 Å². The van der Waals surface area contributed by atoms with Crippen molar-refractivity contribution in [2.75, 3.05) is 11.9 Å². The minimum Gasteiger partial charge on any atom is -0.484 e. The molecule has 3 rings (SSSR count). The first-order valence-electron chi connectivity index (χ1n) is 8.55. The molecule has 27 heavy (non-hydrogen) atoms. The molecular formula is C19H20N2O6. The maximum Gasteiger partial charge on any atom is 0.339 e. The summed E-state index contributed by atoms with van der Waals surface area (Å²) in [4.78, 5) is 34.7. The highest BCUT2D eigenvalue weighted by atomic mass is 16.5. The summed E-state index contributed by atoms with van der Waals surface area (Å²) in [6, 6.07) is 8.21. The summed E-state index contributed by atoms with van der Waals surface area (Å²) < 4.78 is 10.7. The number of carbonyl (C=O) groups excluding carboxylic acids is 2. The molecule has 3 N–H and O–H groups in total. The van der Waals surface area contributed by atoms with E-state index in [2.05, 4.69) is 10.6 Å². The smallest absolute Gasteiger partial charge is 0.339 e. The summed E-state index contributed by atoms with van der Waals surface area (Å²) in [6.45, 7) is 1.40. The van der Waals surface area contributed by atoms with Gasteiger partial charge in [-0.15, -0.1) is 0 Å². The van der Waals surface area contributed by atoms with Gasteiger partial charge in [-0.2, -0.15) is 0 Å². The number of aromatic carboxylic acids is 1. The third kappa shape index (κ3) is 5.10. The number of benzene rings is 1. The zero-order chi connectivity index (χ0) is 19.4. The third-order valence-electron chi connectivity index (χ3n) is 4.08.